The number of ketones is 1. The summed E-state index contributed by atoms with van der Waals surface area (Å²) in [4.78, 5) is 12.2. The molecule has 84 valence electrons. The van der Waals surface area contributed by atoms with Crippen molar-refractivity contribution in [3.8, 4) is 0 Å². The first kappa shape index (κ1) is 10.1. The largest absolute Gasteiger partial charge is 0.344 e. The minimum Gasteiger partial charge on any atom is -0.344 e. The van der Waals surface area contributed by atoms with Crippen molar-refractivity contribution in [2.45, 2.75) is 13.0 Å². The fraction of sp³-hybridized carbons (Fsp3) is 0.133. The summed E-state index contributed by atoms with van der Waals surface area (Å²) >= 11 is 0. The average molecular weight is 223 g/mol. The molecular formula is C15H13NO. The minimum atomic E-state index is 0.158. The van der Waals surface area contributed by atoms with Crippen molar-refractivity contribution in [3.63, 3.8) is 0 Å². The first-order chi connectivity index (χ1) is 8.34. The molecule has 3 rings (SSSR count). The molecule has 0 aliphatic carbocycles. The number of hydrogen-bond donors (Lipinski definition) is 0. The molecule has 0 saturated heterocycles. The van der Waals surface area contributed by atoms with Gasteiger partial charge in [-0.2, -0.15) is 0 Å². The van der Waals surface area contributed by atoms with Gasteiger partial charge in [-0.05, 0) is 30.2 Å². The Bertz CT molecular complexity index is 578. The molecule has 2 heteroatoms. The Kier molecular flexibility index (Phi) is 2.41. The highest BCUT2D eigenvalue weighted by Gasteiger charge is 2.20. The fourth-order valence-electron chi connectivity index (χ4n) is 2.22. The number of aryl methyl sites for hydroxylation is 1. The number of allylic oxidation sites excluding steroid dienone is 1. The Balaban J connectivity index is 1.97. The van der Waals surface area contributed by atoms with Crippen LogP contribution >= 0.6 is 0 Å². The number of hydrogen-bond acceptors (Lipinski definition) is 1. The van der Waals surface area contributed by atoms with Crippen LogP contribution in [0.4, 0.5) is 0 Å². The highest BCUT2D eigenvalue weighted by Crippen LogP contribution is 2.22. The van der Waals surface area contributed by atoms with E-state index >= 15 is 0 Å². The molecule has 0 radical (unpaired) electrons. The van der Waals surface area contributed by atoms with Crippen LogP contribution < -0.4 is 0 Å². The molecule has 1 aromatic carbocycles. The van der Waals surface area contributed by atoms with E-state index in [9.17, 15) is 4.79 Å². The Labute approximate surface area is 100 Å². The van der Waals surface area contributed by atoms with Gasteiger partial charge in [0.25, 0.3) is 0 Å². The molecule has 0 N–H and O–H groups in total. The van der Waals surface area contributed by atoms with Gasteiger partial charge in [0, 0.05) is 18.3 Å². The molecule has 1 aliphatic heterocycles. The molecule has 0 fully saturated rings. The third-order valence-corrected chi connectivity index (χ3v) is 3.12. The Morgan fingerprint density at radius 2 is 1.88 bits per heavy atom. The predicted molar refractivity (Wildman–Crippen MR) is 67.8 cm³/mol. The maximum atomic E-state index is 12.2. The normalized spacial score (nSPS) is 17.2. The lowest BCUT2D eigenvalue weighted by atomic mass is 9.99. The summed E-state index contributed by atoms with van der Waals surface area (Å²) in [5.41, 5.74) is 2.80. The number of nitrogens with zero attached hydrogens (tertiary/aromatic N) is 1. The number of carbonyl (C=O) groups excluding carboxylic acids is 1. The zero-order valence-electron chi connectivity index (χ0n) is 9.47. The number of benzene rings is 1. The lowest BCUT2D eigenvalue weighted by molar-refractivity contribution is 0.101. The van der Waals surface area contributed by atoms with Gasteiger partial charge in [-0.25, -0.2) is 0 Å². The molecular weight excluding hydrogens is 210 g/mol. The maximum absolute atomic E-state index is 12.2. The predicted octanol–water partition coefficient (Wildman–Crippen LogP) is 3.16. The molecule has 0 spiro atoms. The molecule has 1 aromatic heterocycles. The van der Waals surface area contributed by atoms with Gasteiger partial charge in [-0.1, -0.05) is 30.3 Å². The van der Waals surface area contributed by atoms with Crippen molar-refractivity contribution >= 4 is 11.9 Å². The number of Topliss-reactive ketones (excluding diaryl/α,β-unsaturated/α-hetero) is 1. The van der Waals surface area contributed by atoms with E-state index in [0.717, 1.165) is 29.8 Å². The van der Waals surface area contributed by atoms with Gasteiger partial charge in [0.15, 0.2) is 0 Å². The van der Waals surface area contributed by atoms with E-state index in [1.807, 2.05) is 59.3 Å². The summed E-state index contributed by atoms with van der Waals surface area (Å²) in [5, 5.41) is 0. The summed E-state index contributed by atoms with van der Waals surface area (Å²) in [6, 6.07) is 13.8. The van der Waals surface area contributed by atoms with Gasteiger partial charge < -0.3 is 4.57 Å². The fourth-order valence-corrected chi connectivity index (χ4v) is 2.22. The zero-order valence-corrected chi connectivity index (χ0v) is 9.47. The Morgan fingerprint density at radius 1 is 1.06 bits per heavy atom. The Morgan fingerprint density at radius 3 is 2.71 bits per heavy atom. The molecule has 0 unspecified atom stereocenters. The molecule has 0 amide bonds. The van der Waals surface area contributed by atoms with Crippen molar-refractivity contribution < 1.29 is 4.79 Å². The lowest BCUT2D eigenvalue weighted by Gasteiger charge is -2.16. The SMILES string of the molecule is O=C1/C(=C/c2ccccc2)CCn2cccc21. The second kappa shape index (κ2) is 4.06. The van der Waals surface area contributed by atoms with Crippen LogP contribution in [0.25, 0.3) is 6.08 Å². The van der Waals surface area contributed by atoms with Crippen LogP contribution in [-0.4, -0.2) is 10.4 Å². The molecule has 0 bridgehead atoms. The second-order valence-electron chi connectivity index (χ2n) is 4.25. The lowest BCUT2D eigenvalue weighted by Crippen LogP contribution is -2.18. The summed E-state index contributed by atoms with van der Waals surface area (Å²) in [6.07, 6.45) is 4.78. The van der Waals surface area contributed by atoms with Gasteiger partial charge in [0.05, 0.1) is 5.69 Å². The molecule has 0 saturated carbocycles. The van der Waals surface area contributed by atoms with Crippen molar-refractivity contribution in [1.82, 2.24) is 4.57 Å². The number of rotatable bonds is 1. The average Bonchev–Trinajstić information content (AvgIpc) is 2.83. The van der Waals surface area contributed by atoms with Gasteiger partial charge >= 0.3 is 0 Å². The molecule has 0 atom stereocenters. The smallest absolute Gasteiger partial charge is 0.205 e. The van der Waals surface area contributed by atoms with E-state index in [2.05, 4.69) is 0 Å². The van der Waals surface area contributed by atoms with E-state index in [0.29, 0.717) is 0 Å². The summed E-state index contributed by atoms with van der Waals surface area (Å²) in [6.45, 7) is 0.896. The van der Waals surface area contributed by atoms with Crippen LogP contribution in [0, 0.1) is 0 Å². The zero-order chi connectivity index (χ0) is 11.7. The third-order valence-electron chi connectivity index (χ3n) is 3.12. The van der Waals surface area contributed by atoms with Crippen LogP contribution in [0.15, 0.2) is 54.2 Å². The summed E-state index contributed by atoms with van der Waals surface area (Å²) in [7, 11) is 0. The molecule has 17 heavy (non-hydrogen) atoms. The van der Waals surface area contributed by atoms with Crippen molar-refractivity contribution in [3.05, 3.63) is 65.5 Å². The van der Waals surface area contributed by atoms with Crippen molar-refractivity contribution in [2.75, 3.05) is 0 Å². The van der Waals surface area contributed by atoms with E-state index in [-0.39, 0.29) is 5.78 Å². The van der Waals surface area contributed by atoms with Gasteiger partial charge in [0.2, 0.25) is 5.78 Å². The van der Waals surface area contributed by atoms with Crippen molar-refractivity contribution in [2.24, 2.45) is 0 Å². The number of carbonyl (C=O) groups is 1. The van der Waals surface area contributed by atoms with E-state index < -0.39 is 0 Å². The maximum Gasteiger partial charge on any atom is 0.205 e. The van der Waals surface area contributed by atoms with Crippen LogP contribution in [0.1, 0.15) is 22.5 Å². The molecule has 2 aromatic rings. The third kappa shape index (κ3) is 1.82. The molecule has 1 aliphatic rings. The van der Waals surface area contributed by atoms with E-state index in [1.54, 1.807) is 0 Å². The van der Waals surface area contributed by atoms with E-state index in [4.69, 9.17) is 0 Å². The highest BCUT2D eigenvalue weighted by molar-refractivity contribution is 6.11. The van der Waals surface area contributed by atoms with Crippen LogP contribution in [0.5, 0.6) is 0 Å². The topological polar surface area (TPSA) is 22.0 Å². The summed E-state index contributed by atoms with van der Waals surface area (Å²) < 4.78 is 2.02. The summed E-state index contributed by atoms with van der Waals surface area (Å²) in [5.74, 6) is 0.158. The van der Waals surface area contributed by atoms with Crippen LogP contribution in [-0.2, 0) is 6.54 Å². The number of fused-ring (bicyclic) bond motifs is 1. The standard InChI is InChI=1S/C15H13NO/c17-15-13(11-12-5-2-1-3-6-12)8-10-16-9-4-7-14(15)16/h1-7,9,11H,8,10H2/b13-11+. The van der Waals surface area contributed by atoms with Gasteiger partial charge in [-0.3, -0.25) is 4.79 Å². The number of aromatic nitrogens is 1. The molecule has 2 nitrogen and oxygen atoms in total. The van der Waals surface area contributed by atoms with Crippen molar-refractivity contribution in [1.29, 1.82) is 0 Å². The van der Waals surface area contributed by atoms with Crippen LogP contribution in [0.3, 0.4) is 0 Å². The first-order valence-electron chi connectivity index (χ1n) is 5.80. The van der Waals surface area contributed by atoms with Crippen LogP contribution in [0.2, 0.25) is 0 Å². The van der Waals surface area contributed by atoms with E-state index in [1.165, 1.54) is 0 Å². The minimum absolute atomic E-state index is 0.158. The quantitative estimate of drug-likeness (QED) is 0.681. The highest BCUT2D eigenvalue weighted by atomic mass is 16.1. The second-order valence-corrected chi connectivity index (χ2v) is 4.25. The Hall–Kier alpha value is -2.09. The monoisotopic (exact) mass is 223 g/mol. The molecule has 2 heterocycles. The van der Waals surface area contributed by atoms with Gasteiger partial charge in [0.1, 0.15) is 0 Å². The first-order valence-corrected chi connectivity index (χ1v) is 5.80. The van der Waals surface area contributed by atoms with Gasteiger partial charge in [-0.15, -0.1) is 0 Å².